The molecule has 0 unspecified atom stereocenters. The number of benzene rings is 1. The molecule has 20 heavy (non-hydrogen) atoms. The van der Waals surface area contributed by atoms with Crippen LogP contribution in [-0.4, -0.2) is 22.2 Å². The highest BCUT2D eigenvalue weighted by atomic mass is 16.1. The zero-order valence-corrected chi connectivity index (χ0v) is 12.3. The molecule has 0 spiro atoms. The number of hydrogen-bond donors (Lipinski definition) is 2. The van der Waals surface area contributed by atoms with E-state index in [2.05, 4.69) is 15.7 Å². The van der Waals surface area contributed by atoms with Crippen LogP contribution in [0.5, 0.6) is 0 Å². The van der Waals surface area contributed by atoms with E-state index in [-0.39, 0.29) is 12.5 Å². The molecular weight excluding hydrogens is 252 g/mol. The van der Waals surface area contributed by atoms with E-state index in [0.717, 1.165) is 28.3 Å². The fourth-order valence-corrected chi connectivity index (χ4v) is 2.08. The highest BCUT2D eigenvalue weighted by Gasteiger charge is 2.12. The Hall–Kier alpha value is -2.30. The van der Waals surface area contributed by atoms with E-state index in [0.29, 0.717) is 0 Å². The molecule has 0 bridgehead atoms. The Bertz CT molecular complexity index is 631. The second kappa shape index (κ2) is 5.77. The number of hydrogen-bond acceptors (Lipinski definition) is 3. The van der Waals surface area contributed by atoms with Crippen molar-refractivity contribution in [1.29, 1.82) is 0 Å². The van der Waals surface area contributed by atoms with Gasteiger partial charge in [-0.25, -0.2) is 0 Å². The van der Waals surface area contributed by atoms with Crippen LogP contribution in [0.1, 0.15) is 17.0 Å². The predicted octanol–water partition coefficient (Wildman–Crippen LogP) is 2.40. The van der Waals surface area contributed by atoms with Crippen molar-refractivity contribution in [3.05, 3.63) is 41.2 Å². The van der Waals surface area contributed by atoms with Gasteiger partial charge in [0.05, 0.1) is 23.6 Å². The van der Waals surface area contributed by atoms with Gasteiger partial charge in [-0.1, -0.05) is 12.1 Å². The number of aromatic nitrogens is 2. The van der Waals surface area contributed by atoms with E-state index >= 15 is 0 Å². The summed E-state index contributed by atoms with van der Waals surface area (Å²) < 4.78 is 1.76. The van der Waals surface area contributed by atoms with Gasteiger partial charge in [0, 0.05) is 12.7 Å². The third-order valence-electron chi connectivity index (χ3n) is 3.24. The van der Waals surface area contributed by atoms with Gasteiger partial charge in [0.15, 0.2) is 0 Å². The SMILES string of the molecule is Cc1cccc(NCC(=O)Nc2c(C)nn(C)c2C)c1. The minimum absolute atomic E-state index is 0.0780. The molecular formula is C15H20N4O. The Balaban J connectivity index is 1.96. The van der Waals surface area contributed by atoms with Crippen LogP contribution in [0.3, 0.4) is 0 Å². The molecule has 5 nitrogen and oxygen atoms in total. The maximum Gasteiger partial charge on any atom is 0.243 e. The number of anilines is 2. The van der Waals surface area contributed by atoms with Crippen LogP contribution >= 0.6 is 0 Å². The summed E-state index contributed by atoms with van der Waals surface area (Å²) in [5, 5.41) is 10.3. The Morgan fingerprint density at radius 1 is 1.30 bits per heavy atom. The minimum atomic E-state index is -0.0780. The summed E-state index contributed by atoms with van der Waals surface area (Å²) in [5.74, 6) is -0.0780. The minimum Gasteiger partial charge on any atom is -0.376 e. The second-order valence-electron chi connectivity index (χ2n) is 4.94. The number of rotatable bonds is 4. The summed E-state index contributed by atoms with van der Waals surface area (Å²) in [7, 11) is 1.86. The van der Waals surface area contributed by atoms with Crippen LogP contribution < -0.4 is 10.6 Å². The lowest BCUT2D eigenvalue weighted by Gasteiger charge is -2.08. The van der Waals surface area contributed by atoms with Gasteiger partial charge in [0.25, 0.3) is 0 Å². The highest BCUT2D eigenvalue weighted by molar-refractivity contribution is 5.94. The molecule has 0 saturated heterocycles. The summed E-state index contributed by atoms with van der Waals surface area (Å²) in [6.45, 7) is 6.07. The third-order valence-corrected chi connectivity index (χ3v) is 3.24. The Morgan fingerprint density at radius 2 is 2.05 bits per heavy atom. The number of carbonyl (C=O) groups is 1. The molecule has 1 amide bonds. The molecule has 5 heteroatoms. The van der Waals surface area contributed by atoms with Crippen molar-refractivity contribution >= 4 is 17.3 Å². The molecule has 0 aliphatic carbocycles. The van der Waals surface area contributed by atoms with Gasteiger partial charge in [-0.05, 0) is 38.5 Å². The number of amides is 1. The first-order valence-electron chi connectivity index (χ1n) is 6.58. The number of aryl methyl sites for hydroxylation is 3. The van der Waals surface area contributed by atoms with Gasteiger partial charge in [0.1, 0.15) is 0 Å². The lowest BCUT2D eigenvalue weighted by molar-refractivity contribution is -0.114. The maximum atomic E-state index is 12.0. The van der Waals surface area contributed by atoms with Crippen LogP contribution in [0.25, 0.3) is 0 Å². The first-order valence-corrected chi connectivity index (χ1v) is 6.58. The maximum absolute atomic E-state index is 12.0. The number of carbonyl (C=O) groups excluding carboxylic acids is 1. The molecule has 1 heterocycles. The third kappa shape index (κ3) is 3.17. The molecule has 1 aromatic carbocycles. The van der Waals surface area contributed by atoms with Crippen LogP contribution in [0.2, 0.25) is 0 Å². The zero-order valence-electron chi connectivity index (χ0n) is 12.3. The number of nitrogens with one attached hydrogen (secondary N) is 2. The van der Waals surface area contributed by atoms with Gasteiger partial charge in [-0.2, -0.15) is 5.10 Å². The van der Waals surface area contributed by atoms with Crippen LogP contribution in [0.15, 0.2) is 24.3 Å². The van der Waals surface area contributed by atoms with Crippen molar-refractivity contribution in [2.75, 3.05) is 17.2 Å². The van der Waals surface area contributed by atoms with Gasteiger partial charge < -0.3 is 10.6 Å². The summed E-state index contributed by atoms with van der Waals surface area (Å²) in [6.07, 6.45) is 0. The van der Waals surface area contributed by atoms with E-state index in [1.807, 2.05) is 52.1 Å². The average Bonchev–Trinajstić information content (AvgIpc) is 2.63. The smallest absolute Gasteiger partial charge is 0.243 e. The van der Waals surface area contributed by atoms with E-state index in [1.54, 1.807) is 4.68 Å². The average molecular weight is 272 g/mol. The first-order chi connectivity index (χ1) is 9.47. The molecule has 0 radical (unpaired) electrons. The Morgan fingerprint density at radius 3 is 2.65 bits per heavy atom. The van der Waals surface area contributed by atoms with Crippen molar-refractivity contribution < 1.29 is 4.79 Å². The molecule has 0 aliphatic rings. The number of nitrogens with zero attached hydrogens (tertiary/aromatic N) is 2. The first kappa shape index (κ1) is 14.1. The van der Waals surface area contributed by atoms with E-state index in [1.165, 1.54) is 0 Å². The summed E-state index contributed by atoms with van der Waals surface area (Å²) >= 11 is 0. The van der Waals surface area contributed by atoms with Crippen LogP contribution in [0.4, 0.5) is 11.4 Å². The monoisotopic (exact) mass is 272 g/mol. The lowest BCUT2D eigenvalue weighted by Crippen LogP contribution is -2.22. The summed E-state index contributed by atoms with van der Waals surface area (Å²) in [6, 6.07) is 7.94. The molecule has 2 rings (SSSR count). The normalized spacial score (nSPS) is 10.4. The predicted molar refractivity (Wildman–Crippen MR) is 81.0 cm³/mol. The molecule has 0 saturated carbocycles. The van der Waals surface area contributed by atoms with Crippen molar-refractivity contribution in [2.45, 2.75) is 20.8 Å². The molecule has 0 fully saturated rings. The van der Waals surface area contributed by atoms with E-state index < -0.39 is 0 Å². The van der Waals surface area contributed by atoms with E-state index in [4.69, 9.17) is 0 Å². The molecule has 106 valence electrons. The fourth-order valence-electron chi connectivity index (χ4n) is 2.08. The Kier molecular flexibility index (Phi) is 4.08. The molecule has 2 N–H and O–H groups in total. The molecule has 1 aromatic heterocycles. The van der Waals surface area contributed by atoms with Crippen molar-refractivity contribution in [1.82, 2.24) is 9.78 Å². The summed E-state index contributed by atoms with van der Waals surface area (Å²) in [5.41, 5.74) is 4.68. The van der Waals surface area contributed by atoms with Gasteiger partial charge >= 0.3 is 0 Å². The summed E-state index contributed by atoms with van der Waals surface area (Å²) in [4.78, 5) is 12.0. The Labute approximate surface area is 119 Å². The molecule has 0 atom stereocenters. The topological polar surface area (TPSA) is 59.0 Å². The fraction of sp³-hybridized carbons (Fsp3) is 0.333. The molecule has 0 aliphatic heterocycles. The molecule has 2 aromatic rings. The second-order valence-corrected chi connectivity index (χ2v) is 4.94. The van der Waals surface area contributed by atoms with Crippen LogP contribution in [0, 0.1) is 20.8 Å². The highest BCUT2D eigenvalue weighted by Crippen LogP contribution is 2.18. The quantitative estimate of drug-likeness (QED) is 0.898. The van der Waals surface area contributed by atoms with Gasteiger partial charge in [-0.3, -0.25) is 9.48 Å². The lowest BCUT2D eigenvalue weighted by atomic mass is 10.2. The largest absolute Gasteiger partial charge is 0.376 e. The van der Waals surface area contributed by atoms with E-state index in [9.17, 15) is 4.79 Å². The van der Waals surface area contributed by atoms with Crippen LogP contribution in [-0.2, 0) is 11.8 Å². The van der Waals surface area contributed by atoms with Gasteiger partial charge in [-0.15, -0.1) is 0 Å². The zero-order chi connectivity index (χ0) is 14.7. The van der Waals surface area contributed by atoms with Crippen molar-refractivity contribution in [3.63, 3.8) is 0 Å². The van der Waals surface area contributed by atoms with Crippen molar-refractivity contribution in [2.24, 2.45) is 7.05 Å². The van der Waals surface area contributed by atoms with Gasteiger partial charge in [0.2, 0.25) is 5.91 Å². The standard InChI is InChI=1S/C15H20N4O/c1-10-6-5-7-13(8-10)16-9-14(20)17-15-11(2)18-19(4)12(15)3/h5-8,16H,9H2,1-4H3,(H,17,20). The van der Waals surface area contributed by atoms with Crippen molar-refractivity contribution in [3.8, 4) is 0 Å².